The minimum atomic E-state index is -3.62. The van der Waals surface area contributed by atoms with E-state index in [-0.39, 0.29) is 16.6 Å². The first-order valence-corrected chi connectivity index (χ1v) is 12.4. The number of thioether (sulfide) groups is 2. The summed E-state index contributed by atoms with van der Waals surface area (Å²) in [6.07, 6.45) is 0. The Balaban J connectivity index is 1.50. The zero-order valence-electron chi connectivity index (χ0n) is 15.1. The number of sulfonamides is 1. The van der Waals surface area contributed by atoms with Crippen molar-refractivity contribution in [2.24, 2.45) is 4.99 Å². The summed E-state index contributed by atoms with van der Waals surface area (Å²) in [5.74, 6) is 2.18. The van der Waals surface area contributed by atoms with Gasteiger partial charge in [-0.25, -0.2) is 8.42 Å². The largest absolute Gasteiger partial charge is 0.324 e. The summed E-state index contributed by atoms with van der Waals surface area (Å²) in [7, 11) is -3.62. The Labute approximate surface area is 172 Å². The third-order valence-electron chi connectivity index (χ3n) is 4.41. The molecule has 2 N–H and O–H groups in total. The van der Waals surface area contributed by atoms with Gasteiger partial charge in [0.2, 0.25) is 5.91 Å². The number of aliphatic imine (C=N–C) groups is 1. The highest BCUT2D eigenvalue weighted by Gasteiger charge is 2.31. The second kappa shape index (κ2) is 7.81. The summed E-state index contributed by atoms with van der Waals surface area (Å²) >= 11 is 3.81. The smallest absolute Gasteiger partial charge is 0.263 e. The van der Waals surface area contributed by atoms with Crippen LogP contribution < -0.4 is 10.0 Å². The first-order chi connectivity index (χ1) is 13.4. The molecular weight excluding hydrogens is 414 g/mol. The van der Waals surface area contributed by atoms with E-state index in [1.165, 1.54) is 11.6 Å². The molecule has 2 aromatic carbocycles. The normalized spacial score (nSPS) is 20.5. The predicted octanol–water partition coefficient (Wildman–Crippen LogP) is 3.23. The zero-order valence-corrected chi connectivity index (χ0v) is 17.5. The molecule has 0 aliphatic carbocycles. The number of nitrogens with one attached hydrogen (secondary N) is 2. The lowest BCUT2D eigenvalue weighted by atomic mass is 10.2. The van der Waals surface area contributed by atoms with Crippen molar-refractivity contribution in [1.29, 1.82) is 0 Å². The van der Waals surface area contributed by atoms with Gasteiger partial charge in [0.25, 0.3) is 10.0 Å². The van der Waals surface area contributed by atoms with E-state index in [4.69, 9.17) is 0 Å². The fourth-order valence-electron chi connectivity index (χ4n) is 3.04. The van der Waals surface area contributed by atoms with Crippen LogP contribution in [-0.2, 0) is 14.8 Å². The number of amidine groups is 1. The number of carbonyl (C=O) groups excluding carboxylic acids is 1. The summed E-state index contributed by atoms with van der Waals surface area (Å²) in [6.45, 7) is 1.64. The molecule has 6 nitrogen and oxygen atoms in total. The molecule has 1 amide bonds. The maximum atomic E-state index is 12.6. The van der Waals surface area contributed by atoms with Gasteiger partial charge >= 0.3 is 0 Å². The van der Waals surface area contributed by atoms with Crippen LogP contribution in [0.3, 0.4) is 0 Å². The minimum Gasteiger partial charge on any atom is -0.324 e. The first-order valence-electron chi connectivity index (χ1n) is 8.78. The van der Waals surface area contributed by atoms with Crippen LogP contribution in [0.2, 0.25) is 0 Å². The van der Waals surface area contributed by atoms with E-state index in [9.17, 15) is 13.2 Å². The predicted molar refractivity (Wildman–Crippen MR) is 115 cm³/mol. The lowest BCUT2D eigenvalue weighted by Crippen LogP contribution is -2.28. The highest BCUT2D eigenvalue weighted by atomic mass is 32.2. The van der Waals surface area contributed by atoms with E-state index in [2.05, 4.69) is 21.1 Å². The molecule has 146 valence electrons. The molecule has 0 unspecified atom stereocenters. The monoisotopic (exact) mass is 433 g/mol. The molecule has 2 aliphatic rings. The highest BCUT2D eigenvalue weighted by Crippen LogP contribution is 2.45. The molecule has 9 heteroatoms. The van der Waals surface area contributed by atoms with E-state index in [1.807, 2.05) is 41.7 Å². The fraction of sp³-hybridized carbons (Fsp3) is 0.263. The SMILES string of the molecule is C[C@H](N=C1NS(=O)(=O)c2ccccc21)C(=O)Nc1cccc(C2SCCS2)c1. The number of hydrogen-bond acceptors (Lipinski definition) is 6. The molecule has 0 bridgehead atoms. The molecule has 28 heavy (non-hydrogen) atoms. The molecule has 0 saturated carbocycles. The van der Waals surface area contributed by atoms with E-state index in [0.29, 0.717) is 10.1 Å². The minimum absolute atomic E-state index is 0.181. The van der Waals surface area contributed by atoms with Crippen molar-refractivity contribution in [1.82, 2.24) is 4.72 Å². The molecule has 2 aromatic rings. The van der Waals surface area contributed by atoms with E-state index in [0.717, 1.165) is 17.2 Å². The fourth-order valence-corrected chi connectivity index (χ4v) is 7.12. The van der Waals surface area contributed by atoms with E-state index < -0.39 is 16.1 Å². The lowest BCUT2D eigenvalue weighted by Gasteiger charge is -2.13. The standard InChI is InChI=1S/C19H19N3O3S3/c1-12(20-17-15-7-2-3-8-16(15)28(24,25)22-17)18(23)21-14-6-4-5-13(11-14)19-26-9-10-27-19/h2-8,11-12,19H,9-10H2,1H3,(H,20,22)(H,21,23)/t12-/m0/s1. The molecule has 0 spiro atoms. The molecule has 1 atom stereocenters. The second-order valence-corrected chi connectivity index (χ2v) is 10.8. The van der Waals surface area contributed by atoms with Crippen molar-refractivity contribution in [2.45, 2.75) is 22.4 Å². The topological polar surface area (TPSA) is 87.6 Å². The lowest BCUT2D eigenvalue weighted by molar-refractivity contribution is -0.117. The third-order valence-corrected chi connectivity index (χ3v) is 8.91. The van der Waals surface area contributed by atoms with Crippen molar-refractivity contribution in [2.75, 3.05) is 16.8 Å². The Morgan fingerprint density at radius 1 is 1.18 bits per heavy atom. The van der Waals surface area contributed by atoms with Crippen molar-refractivity contribution in [3.8, 4) is 0 Å². The number of carbonyl (C=O) groups is 1. The van der Waals surface area contributed by atoms with Gasteiger partial charge in [0.05, 0.1) is 9.48 Å². The van der Waals surface area contributed by atoms with Crippen LogP contribution in [0.15, 0.2) is 58.4 Å². The van der Waals surface area contributed by atoms with Gasteiger partial charge in [0, 0.05) is 22.8 Å². The molecule has 1 saturated heterocycles. The van der Waals surface area contributed by atoms with E-state index in [1.54, 1.807) is 25.1 Å². The molecule has 2 heterocycles. The van der Waals surface area contributed by atoms with Gasteiger partial charge in [-0.1, -0.05) is 24.3 Å². The highest BCUT2D eigenvalue weighted by molar-refractivity contribution is 8.19. The van der Waals surface area contributed by atoms with Gasteiger partial charge in [-0.05, 0) is 36.8 Å². The van der Waals surface area contributed by atoms with Crippen LogP contribution in [0.5, 0.6) is 0 Å². The van der Waals surface area contributed by atoms with Gasteiger partial charge < -0.3 is 5.32 Å². The van der Waals surface area contributed by atoms with Crippen molar-refractivity contribution >= 4 is 51.0 Å². The van der Waals surface area contributed by atoms with Gasteiger partial charge in [-0.2, -0.15) is 0 Å². The van der Waals surface area contributed by atoms with Crippen molar-refractivity contribution in [3.63, 3.8) is 0 Å². The van der Waals surface area contributed by atoms with Crippen LogP contribution in [0.4, 0.5) is 5.69 Å². The van der Waals surface area contributed by atoms with Crippen LogP contribution in [0.1, 0.15) is 22.6 Å². The van der Waals surface area contributed by atoms with Gasteiger partial charge in [0.15, 0.2) is 0 Å². The first kappa shape index (κ1) is 19.4. The van der Waals surface area contributed by atoms with Crippen molar-refractivity contribution in [3.05, 3.63) is 59.7 Å². The number of rotatable bonds is 4. The number of benzene rings is 2. The quantitative estimate of drug-likeness (QED) is 0.773. The Morgan fingerprint density at radius 2 is 1.93 bits per heavy atom. The average Bonchev–Trinajstić information content (AvgIpc) is 3.30. The number of nitrogens with zero attached hydrogens (tertiary/aromatic N) is 1. The molecule has 0 aromatic heterocycles. The molecule has 2 aliphatic heterocycles. The Hall–Kier alpha value is -1.97. The number of fused-ring (bicyclic) bond motifs is 1. The van der Waals surface area contributed by atoms with E-state index >= 15 is 0 Å². The van der Waals surface area contributed by atoms with Gasteiger partial charge in [-0.3, -0.25) is 14.5 Å². The van der Waals surface area contributed by atoms with Crippen LogP contribution in [0, 0.1) is 0 Å². The maximum Gasteiger partial charge on any atom is 0.263 e. The second-order valence-electron chi connectivity index (χ2n) is 6.44. The Bertz CT molecular complexity index is 1050. The van der Waals surface area contributed by atoms with Gasteiger partial charge in [0.1, 0.15) is 11.9 Å². The summed E-state index contributed by atoms with van der Waals surface area (Å²) in [4.78, 5) is 17.1. The molecule has 1 fully saturated rings. The summed E-state index contributed by atoms with van der Waals surface area (Å²) in [5, 5.41) is 2.88. The van der Waals surface area contributed by atoms with Crippen LogP contribution >= 0.6 is 23.5 Å². The number of anilines is 1. The average molecular weight is 434 g/mol. The van der Waals surface area contributed by atoms with Gasteiger partial charge in [-0.15, -0.1) is 23.5 Å². The molecule has 4 rings (SSSR count). The van der Waals surface area contributed by atoms with Crippen LogP contribution in [0.25, 0.3) is 0 Å². The summed E-state index contributed by atoms with van der Waals surface area (Å²) in [6, 6.07) is 13.7. The number of amides is 1. The van der Waals surface area contributed by atoms with Crippen molar-refractivity contribution < 1.29 is 13.2 Å². The van der Waals surface area contributed by atoms with Crippen LogP contribution in [-0.4, -0.2) is 37.7 Å². The Morgan fingerprint density at radius 3 is 2.71 bits per heavy atom. The Kier molecular flexibility index (Phi) is 5.39. The molecule has 0 radical (unpaired) electrons. The molecular formula is C19H19N3O3S3. The summed E-state index contributed by atoms with van der Waals surface area (Å²) < 4.78 is 27.2. The summed E-state index contributed by atoms with van der Waals surface area (Å²) in [5.41, 5.74) is 2.39. The zero-order chi connectivity index (χ0) is 19.7. The third kappa shape index (κ3) is 3.92. The maximum absolute atomic E-state index is 12.6. The number of hydrogen-bond donors (Lipinski definition) is 2.